The van der Waals surface area contributed by atoms with Crippen LogP contribution < -0.4 is 10.2 Å². The van der Waals surface area contributed by atoms with Crippen LogP contribution in [0.25, 0.3) is 0 Å². The molecule has 0 spiro atoms. The maximum Gasteiger partial charge on any atom is 0.267 e. The van der Waals surface area contributed by atoms with Gasteiger partial charge in [-0.15, -0.1) is 0 Å². The van der Waals surface area contributed by atoms with E-state index in [2.05, 4.69) is 32.2 Å². The van der Waals surface area contributed by atoms with Crippen LogP contribution in [0.3, 0.4) is 0 Å². The highest BCUT2D eigenvalue weighted by atomic mass is 16.1. The summed E-state index contributed by atoms with van der Waals surface area (Å²) in [5.74, 6) is 0.0485. The quantitative estimate of drug-likeness (QED) is 0.650. The predicted octanol–water partition coefficient (Wildman–Crippen LogP) is 4.61. The van der Waals surface area contributed by atoms with Crippen molar-refractivity contribution in [3.05, 3.63) is 71.4 Å². The van der Waals surface area contributed by atoms with Crippen molar-refractivity contribution in [3.63, 3.8) is 0 Å². The fourth-order valence-electron chi connectivity index (χ4n) is 3.21. The normalized spacial score (nSPS) is 16.3. The minimum Gasteiger partial charge on any atom is -0.343 e. The van der Waals surface area contributed by atoms with Crippen molar-refractivity contribution in [2.75, 3.05) is 10.2 Å². The fraction of sp³-hybridized carbons (Fsp3) is 0.273. The highest BCUT2D eigenvalue weighted by Gasteiger charge is 2.25. The second kappa shape index (κ2) is 7.45. The molecule has 1 unspecified atom stereocenters. The highest BCUT2D eigenvalue weighted by molar-refractivity contribution is 6.06. The van der Waals surface area contributed by atoms with Gasteiger partial charge in [0.05, 0.1) is 0 Å². The van der Waals surface area contributed by atoms with Gasteiger partial charge in [-0.05, 0) is 48.6 Å². The Balaban J connectivity index is 1.79. The molecule has 0 saturated carbocycles. The van der Waals surface area contributed by atoms with E-state index >= 15 is 0 Å². The van der Waals surface area contributed by atoms with Gasteiger partial charge in [0.2, 0.25) is 0 Å². The molecule has 1 N–H and O–H groups in total. The molecule has 1 aliphatic rings. The van der Waals surface area contributed by atoms with Gasteiger partial charge in [0.25, 0.3) is 5.91 Å². The SMILES string of the molecule is CC(C)c1ccc(NC(=O)/C(C#N)=C\N2c3ccccc3CC2C)cc1. The third-order valence-electron chi connectivity index (χ3n) is 4.73. The lowest BCUT2D eigenvalue weighted by Gasteiger charge is -2.20. The third-order valence-corrected chi connectivity index (χ3v) is 4.73. The zero-order valence-corrected chi connectivity index (χ0v) is 15.4. The van der Waals surface area contributed by atoms with Crippen LogP contribution in [0.1, 0.15) is 37.8 Å². The van der Waals surface area contributed by atoms with E-state index in [1.807, 2.05) is 53.4 Å². The Hall–Kier alpha value is -3.06. The molecular formula is C22H23N3O. The molecule has 0 bridgehead atoms. The number of carbonyl (C=O) groups is 1. The summed E-state index contributed by atoms with van der Waals surface area (Å²) in [6.07, 6.45) is 2.57. The molecule has 0 saturated heterocycles. The van der Waals surface area contributed by atoms with Crippen molar-refractivity contribution in [2.45, 2.75) is 39.2 Å². The summed E-state index contributed by atoms with van der Waals surface area (Å²) in [5.41, 5.74) is 4.29. The van der Waals surface area contributed by atoms with E-state index in [9.17, 15) is 10.1 Å². The lowest BCUT2D eigenvalue weighted by Crippen LogP contribution is -2.25. The summed E-state index contributed by atoms with van der Waals surface area (Å²) in [6, 6.07) is 18.1. The van der Waals surface area contributed by atoms with Crippen LogP contribution in [0.5, 0.6) is 0 Å². The Labute approximate surface area is 154 Å². The number of para-hydroxylation sites is 1. The molecule has 1 heterocycles. The number of carbonyl (C=O) groups excluding carboxylic acids is 1. The number of rotatable bonds is 4. The van der Waals surface area contributed by atoms with Crippen LogP contribution in [0.15, 0.2) is 60.3 Å². The summed E-state index contributed by atoms with van der Waals surface area (Å²) >= 11 is 0. The number of benzene rings is 2. The van der Waals surface area contributed by atoms with Crippen LogP contribution in [-0.4, -0.2) is 11.9 Å². The molecule has 3 rings (SSSR count). The smallest absolute Gasteiger partial charge is 0.267 e. The van der Waals surface area contributed by atoms with Gasteiger partial charge in [0.1, 0.15) is 11.6 Å². The van der Waals surface area contributed by atoms with E-state index in [1.54, 1.807) is 6.20 Å². The van der Waals surface area contributed by atoms with Gasteiger partial charge in [0, 0.05) is 23.6 Å². The summed E-state index contributed by atoms with van der Waals surface area (Å²) in [5, 5.41) is 12.3. The predicted molar refractivity (Wildman–Crippen MR) is 105 cm³/mol. The van der Waals surface area contributed by atoms with Gasteiger partial charge in [0.15, 0.2) is 0 Å². The number of nitriles is 1. The molecule has 0 aliphatic carbocycles. The highest BCUT2D eigenvalue weighted by Crippen LogP contribution is 2.32. The number of amides is 1. The fourth-order valence-corrected chi connectivity index (χ4v) is 3.21. The standard InChI is InChI=1S/C22H23N3O/c1-15(2)17-8-10-20(11-9-17)24-22(26)19(13-23)14-25-16(3)12-18-6-4-5-7-21(18)25/h4-11,14-16H,12H2,1-3H3,(H,24,26)/b19-14-. The van der Waals surface area contributed by atoms with Gasteiger partial charge in [-0.25, -0.2) is 0 Å². The van der Waals surface area contributed by atoms with E-state index in [0.29, 0.717) is 11.6 Å². The minimum atomic E-state index is -0.388. The molecule has 26 heavy (non-hydrogen) atoms. The first-order chi connectivity index (χ1) is 12.5. The topological polar surface area (TPSA) is 56.1 Å². The molecule has 0 fully saturated rings. The van der Waals surface area contributed by atoms with Crippen LogP contribution in [0.4, 0.5) is 11.4 Å². The maximum atomic E-state index is 12.5. The van der Waals surface area contributed by atoms with Crippen molar-refractivity contribution in [3.8, 4) is 6.07 Å². The molecule has 0 aromatic heterocycles. The average Bonchev–Trinajstić information content (AvgIpc) is 2.95. The minimum absolute atomic E-state index is 0.0986. The lowest BCUT2D eigenvalue weighted by molar-refractivity contribution is -0.112. The second-order valence-corrected chi connectivity index (χ2v) is 6.97. The molecule has 1 amide bonds. The first-order valence-electron chi connectivity index (χ1n) is 8.89. The summed E-state index contributed by atoms with van der Waals surface area (Å²) in [6.45, 7) is 6.34. The first kappa shape index (κ1) is 17.8. The molecule has 0 radical (unpaired) electrons. The summed E-state index contributed by atoms with van der Waals surface area (Å²) < 4.78 is 0. The largest absolute Gasteiger partial charge is 0.343 e. The van der Waals surface area contributed by atoms with Gasteiger partial charge in [-0.2, -0.15) is 5.26 Å². The van der Waals surface area contributed by atoms with Crippen molar-refractivity contribution in [2.24, 2.45) is 0 Å². The van der Waals surface area contributed by atoms with E-state index in [4.69, 9.17) is 0 Å². The van der Waals surface area contributed by atoms with Crippen molar-refractivity contribution >= 4 is 17.3 Å². The molecule has 2 aromatic rings. The lowest BCUT2D eigenvalue weighted by atomic mass is 10.0. The first-order valence-corrected chi connectivity index (χ1v) is 8.89. The molecule has 4 heteroatoms. The molecular weight excluding hydrogens is 322 g/mol. The average molecular weight is 345 g/mol. The molecule has 1 atom stereocenters. The Bertz CT molecular complexity index is 875. The van der Waals surface area contributed by atoms with Gasteiger partial charge < -0.3 is 10.2 Å². The number of nitrogens with one attached hydrogen (secondary N) is 1. The Morgan fingerprint density at radius 2 is 1.92 bits per heavy atom. The number of fused-ring (bicyclic) bond motifs is 1. The Kier molecular flexibility index (Phi) is 5.09. The molecule has 2 aromatic carbocycles. The summed E-state index contributed by atoms with van der Waals surface area (Å²) in [4.78, 5) is 14.5. The van der Waals surface area contributed by atoms with E-state index in [1.165, 1.54) is 11.1 Å². The van der Waals surface area contributed by atoms with Crippen molar-refractivity contribution in [1.82, 2.24) is 0 Å². The van der Waals surface area contributed by atoms with Gasteiger partial charge in [-0.3, -0.25) is 4.79 Å². The number of nitrogens with zero attached hydrogens (tertiary/aromatic N) is 2. The van der Waals surface area contributed by atoms with Gasteiger partial charge >= 0.3 is 0 Å². The third kappa shape index (κ3) is 3.62. The zero-order valence-electron chi connectivity index (χ0n) is 15.4. The van der Waals surface area contributed by atoms with Crippen molar-refractivity contribution in [1.29, 1.82) is 5.26 Å². The van der Waals surface area contributed by atoms with Crippen LogP contribution in [0, 0.1) is 11.3 Å². The molecule has 132 valence electrons. The van der Waals surface area contributed by atoms with E-state index in [-0.39, 0.29) is 17.5 Å². The van der Waals surface area contributed by atoms with Crippen molar-refractivity contribution < 1.29 is 4.79 Å². The number of hydrogen-bond acceptors (Lipinski definition) is 3. The maximum absolute atomic E-state index is 12.5. The van der Waals surface area contributed by atoms with Gasteiger partial charge in [-0.1, -0.05) is 44.2 Å². The zero-order chi connectivity index (χ0) is 18.7. The number of anilines is 2. The molecule has 1 aliphatic heterocycles. The number of hydrogen-bond donors (Lipinski definition) is 1. The summed E-state index contributed by atoms with van der Waals surface area (Å²) in [7, 11) is 0. The monoisotopic (exact) mass is 345 g/mol. The Morgan fingerprint density at radius 3 is 2.58 bits per heavy atom. The van der Waals surface area contributed by atoms with E-state index in [0.717, 1.165) is 12.1 Å². The van der Waals surface area contributed by atoms with Crippen LogP contribution >= 0.6 is 0 Å². The second-order valence-electron chi connectivity index (χ2n) is 6.97. The van der Waals surface area contributed by atoms with Crippen LogP contribution in [-0.2, 0) is 11.2 Å². The van der Waals surface area contributed by atoms with Crippen LogP contribution in [0.2, 0.25) is 0 Å². The molecule has 4 nitrogen and oxygen atoms in total. The Morgan fingerprint density at radius 1 is 1.23 bits per heavy atom. The van der Waals surface area contributed by atoms with E-state index < -0.39 is 0 Å².